The van der Waals surface area contributed by atoms with Crippen LogP contribution in [0, 0.1) is 5.92 Å². The van der Waals surface area contributed by atoms with Crippen LogP contribution in [-0.2, 0) is 4.79 Å². The van der Waals surface area contributed by atoms with Gasteiger partial charge in [-0.05, 0) is 24.4 Å². The van der Waals surface area contributed by atoms with Gasteiger partial charge in [-0.15, -0.1) is 0 Å². The molecule has 1 amide bonds. The minimum Gasteiger partial charge on any atom is -0.358 e. The van der Waals surface area contributed by atoms with Crippen molar-refractivity contribution in [1.29, 1.82) is 0 Å². The number of amides is 1. The van der Waals surface area contributed by atoms with Gasteiger partial charge in [0.25, 0.3) is 0 Å². The van der Waals surface area contributed by atoms with Crippen molar-refractivity contribution in [2.24, 2.45) is 5.92 Å². The molecule has 0 spiro atoms. The zero-order chi connectivity index (χ0) is 14.7. The number of fused-ring (bicyclic) bond motifs is 1. The van der Waals surface area contributed by atoms with Gasteiger partial charge in [-0.25, -0.2) is 0 Å². The van der Waals surface area contributed by atoms with Gasteiger partial charge in [0.2, 0.25) is 11.2 Å². The lowest BCUT2D eigenvalue weighted by Crippen LogP contribution is -2.39. The first-order valence-corrected chi connectivity index (χ1v) is 6.76. The summed E-state index contributed by atoms with van der Waals surface area (Å²) in [5.41, 5.74) is 0.530. The van der Waals surface area contributed by atoms with Crippen molar-refractivity contribution in [3.05, 3.63) is 11.5 Å². The van der Waals surface area contributed by atoms with E-state index in [-0.39, 0.29) is 11.2 Å². The minimum atomic E-state index is -0.433. The number of nitrogens with zero attached hydrogens (tertiary/aromatic N) is 3. The predicted molar refractivity (Wildman–Crippen MR) is 77.6 cm³/mol. The number of hydrogen-bond donors (Lipinski definition) is 3. The predicted octanol–water partition coefficient (Wildman–Crippen LogP) is 1.58. The number of nitrogens with one attached hydrogen (secondary N) is 3. The third kappa shape index (κ3) is 3.36. The lowest BCUT2D eigenvalue weighted by molar-refractivity contribution is -0.121. The van der Waals surface area contributed by atoms with Crippen LogP contribution >= 0.6 is 11.6 Å². The third-order valence-corrected chi connectivity index (χ3v) is 2.88. The molecule has 108 valence electrons. The Balaban J connectivity index is 2.11. The molecule has 3 N–H and O–H groups in total. The first-order chi connectivity index (χ1) is 9.47. The fraction of sp³-hybridized carbons (Fsp3) is 0.500. The summed E-state index contributed by atoms with van der Waals surface area (Å²) >= 11 is 5.84. The molecule has 0 aromatic carbocycles. The number of carbonyl (C=O) groups excluding carboxylic acids is 1. The largest absolute Gasteiger partial charge is 0.358 e. The van der Waals surface area contributed by atoms with E-state index in [1.807, 2.05) is 13.8 Å². The summed E-state index contributed by atoms with van der Waals surface area (Å²) in [6.45, 7) is 6.48. The maximum Gasteiger partial charge on any atom is 0.242 e. The van der Waals surface area contributed by atoms with Gasteiger partial charge in [0.1, 0.15) is 11.9 Å². The number of aromatic amines is 1. The second-order valence-corrected chi connectivity index (χ2v) is 5.32. The van der Waals surface area contributed by atoms with Crippen molar-refractivity contribution < 1.29 is 4.79 Å². The number of halogens is 1. The fourth-order valence-electron chi connectivity index (χ4n) is 1.65. The SMILES string of the molecule is CC(C)CNC(=O)C(C)Nc1nc(Cl)nc2[nH]ncc12. The molecule has 0 fully saturated rings. The van der Waals surface area contributed by atoms with Crippen LogP contribution in [0.5, 0.6) is 0 Å². The number of aromatic nitrogens is 4. The number of hydrogen-bond acceptors (Lipinski definition) is 5. The Morgan fingerprint density at radius 2 is 2.15 bits per heavy atom. The molecule has 0 aliphatic rings. The van der Waals surface area contributed by atoms with Crippen molar-refractivity contribution in [2.45, 2.75) is 26.8 Å². The highest BCUT2D eigenvalue weighted by Crippen LogP contribution is 2.20. The molecule has 2 rings (SSSR count). The molecule has 0 bridgehead atoms. The quantitative estimate of drug-likeness (QED) is 0.728. The van der Waals surface area contributed by atoms with E-state index in [1.54, 1.807) is 13.1 Å². The number of anilines is 1. The summed E-state index contributed by atoms with van der Waals surface area (Å²) < 4.78 is 0. The van der Waals surface area contributed by atoms with Gasteiger partial charge in [-0.1, -0.05) is 13.8 Å². The topological polar surface area (TPSA) is 95.6 Å². The van der Waals surface area contributed by atoms with E-state index < -0.39 is 6.04 Å². The van der Waals surface area contributed by atoms with E-state index in [4.69, 9.17) is 11.6 Å². The van der Waals surface area contributed by atoms with Gasteiger partial charge in [-0.3, -0.25) is 9.89 Å². The first-order valence-electron chi connectivity index (χ1n) is 6.38. The molecule has 7 nitrogen and oxygen atoms in total. The Hall–Kier alpha value is -1.89. The van der Waals surface area contributed by atoms with E-state index in [1.165, 1.54) is 0 Å². The van der Waals surface area contributed by atoms with Crippen LogP contribution in [0.1, 0.15) is 20.8 Å². The summed E-state index contributed by atoms with van der Waals surface area (Å²) in [5.74, 6) is 0.797. The zero-order valence-corrected chi connectivity index (χ0v) is 12.3. The molecule has 0 aliphatic heterocycles. The Kier molecular flexibility index (Phi) is 4.39. The second kappa shape index (κ2) is 6.04. The molecule has 8 heteroatoms. The van der Waals surface area contributed by atoms with E-state index in [9.17, 15) is 4.79 Å². The van der Waals surface area contributed by atoms with Crippen LogP contribution in [0.4, 0.5) is 5.82 Å². The molecule has 0 saturated heterocycles. The van der Waals surface area contributed by atoms with Crippen LogP contribution in [-0.4, -0.2) is 38.7 Å². The lowest BCUT2D eigenvalue weighted by Gasteiger charge is -2.16. The molecule has 2 aromatic rings. The molecule has 0 radical (unpaired) electrons. The van der Waals surface area contributed by atoms with Gasteiger partial charge in [0, 0.05) is 6.54 Å². The molecule has 0 aliphatic carbocycles. The molecule has 20 heavy (non-hydrogen) atoms. The average molecular weight is 297 g/mol. The maximum atomic E-state index is 11.9. The Bertz CT molecular complexity index is 611. The van der Waals surface area contributed by atoms with Gasteiger partial charge in [0.15, 0.2) is 5.65 Å². The molecule has 1 unspecified atom stereocenters. The molecular weight excluding hydrogens is 280 g/mol. The van der Waals surface area contributed by atoms with Crippen molar-refractivity contribution in [3.63, 3.8) is 0 Å². The summed E-state index contributed by atoms with van der Waals surface area (Å²) in [4.78, 5) is 20.0. The van der Waals surface area contributed by atoms with Crippen LogP contribution in [0.25, 0.3) is 11.0 Å². The smallest absolute Gasteiger partial charge is 0.242 e. The highest BCUT2D eigenvalue weighted by molar-refractivity contribution is 6.28. The molecule has 1 atom stereocenters. The maximum absolute atomic E-state index is 11.9. The second-order valence-electron chi connectivity index (χ2n) is 4.98. The first kappa shape index (κ1) is 14.5. The fourth-order valence-corrected chi connectivity index (χ4v) is 1.82. The van der Waals surface area contributed by atoms with Gasteiger partial charge in [0.05, 0.1) is 11.6 Å². The normalized spacial score (nSPS) is 12.7. The highest BCUT2D eigenvalue weighted by atomic mass is 35.5. The van der Waals surface area contributed by atoms with E-state index >= 15 is 0 Å². The Morgan fingerprint density at radius 1 is 1.40 bits per heavy atom. The minimum absolute atomic E-state index is 0.0925. The van der Waals surface area contributed by atoms with E-state index in [0.717, 1.165) is 0 Å². The molecule has 2 heterocycles. The van der Waals surface area contributed by atoms with Crippen molar-refractivity contribution in [2.75, 3.05) is 11.9 Å². The van der Waals surface area contributed by atoms with Gasteiger partial charge >= 0.3 is 0 Å². The third-order valence-electron chi connectivity index (χ3n) is 2.71. The Morgan fingerprint density at radius 3 is 2.85 bits per heavy atom. The van der Waals surface area contributed by atoms with Crippen LogP contribution in [0.3, 0.4) is 0 Å². The summed E-state index contributed by atoms with van der Waals surface area (Å²) in [5, 5.41) is 13.3. The van der Waals surface area contributed by atoms with E-state index in [2.05, 4.69) is 30.8 Å². The number of rotatable bonds is 5. The summed E-state index contributed by atoms with van der Waals surface area (Å²) in [7, 11) is 0. The summed E-state index contributed by atoms with van der Waals surface area (Å²) in [6, 6.07) is -0.433. The van der Waals surface area contributed by atoms with Crippen LogP contribution in [0.15, 0.2) is 6.20 Å². The van der Waals surface area contributed by atoms with E-state index in [0.29, 0.717) is 29.3 Å². The molecular formula is C12H17ClN6O. The standard InChI is InChI=1S/C12H17ClN6O/c1-6(2)4-14-11(20)7(3)16-9-8-5-15-19-10(8)18-12(13)17-9/h5-7H,4H2,1-3H3,(H,14,20)(H2,15,16,17,18,19). The molecule has 2 aromatic heterocycles. The zero-order valence-electron chi connectivity index (χ0n) is 11.6. The monoisotopic (exact) mass is 296 g/mol. The Labute approximate surface area is 121 Å². The number of carbonyl (C=O) groups is 1. The van der Waals surface area contributed by atoms with Gasteiger partial charge < -0.3 is 10.6 Å². The summed E-state index contributed by atoms with van der Waals surface area (Å²) in [6.07, 6.45) is 1.59. The van der Waals surface area contributed by atoms with Crippen LogP contribution < -0.4 is 10.6 Å². The lowest BCUT2D eigenvalue weighted by atomic mass is 10.2. The number of H-pyrrole nitrogens is 1. The average Bonchev–Trinajstić information content (AvgIpc) is 2.83. The van der Waals surface area contributed by atoms with Gasteiger partial charge in [-0.2, -0.15) is 15.1 Å². The van der Waals surface area contributed by atoms with Crippen molar-refractivity contribution >= 4 is 34.4 Å². The molecule has 0 saturated carbocycles. The highest BCUT2D eigenvalue weighted by Gasteiger charge is 2.16. The van der Waals surface area contributed by atoms with Crippen molar-refractivity contribution in [1.82, 2.24) is 25.5 Å². The van der Waals surface area contributed by atoms with Crippen LogP contribution in [0.2, 0.25) is 5.28 Å². The van der Waals surface area contributed by atoms with Crippen molar-refractivity contribution in [3.8, 4) is 0 Å².